The van der Waals surface area contributed by atoms with Crippen LogP contribution < -0.4 is 0 Å². The minimum absolute atomic E-state index is 0.526. The van der Waals surface area contributed by atoms with Gasteiger partial charge in [0.25, 0.3) is 0 Å². The van der Waals surface area contributed by atoms with Crippen molar-refractivity contribution >= 4 is 0 Å². The van der Waals surface area contributed by atoms with Gasteiger partial charge in [-0.1, -0.05) is 0 Å². The standard InChI is InChI=1S/2C6H12O6/c7-1-3-4(9)5(10)6(11,2-8)12-3;7-1-2-3(8)4(9)5(10)6(11)12-2/h3-5,7-11H,1-2H2;2-11H,1H2/t3-,4+,5-,6+;2-,3-,4+,5-,6+/m11/s1. The Morgan fingerprint density at radius 2 is 1.25 bits per heavy atom. The molecule has 2 fully saturated rings. The van der Waals surface area contributed by atoms with E-state index in [4.69, 9.17) is 46.0 Å². The van der Waals surface area contributed by atoms with Gasteiger partial charge in [0.15, 0.2) is 6.29 Å². The van der Waals surface area contributed by atoms with Crippen LogP contribution in [0.15, 0.2) is 0 Å². The number of aliphatic hydroxyl groups is 10. The van der Waals surface area contributed by atoms with Crippen molar-refractivity contribution in [1.29, 1.82) is 0 Å². The van der Waals surface area contributed by atoms with Crippen molar-refractivity contribution in [2.24, 2.45) is 0 Å². The summed E-state index contributed by atoms with van der Waals surface area (Å²) in [5, 5.41) is 89.3. The first-order valence-corrected chi connectivity index (χ1v) is 7.09. The van der Waals surface area contributed by atoms with Gasteiger partial charge in [0.2, 0.25) is 5.79 Å². The second-order valence-corrected chi connectivity index (χ2v) is 5.50. The first-order chi connectivity index (χ1) is 11.1. The van der Waals surface area contributed by atoms with Crippen molar-refractivity contribution in [2.75, 3.05) is 19.8 Å². The van der Waals surface area contributed by atoms with Crippen LogP contribution in [0.25, 0.3) is 0 Å². The highest BCUT2D eigenvalue weighted by Gasteiger charge is 2.52. The second kappa shape index (κ2) is 8.75. The van der Waals surface area contributed by atoms with E-state index in [2.05, 4.69) is 9.47 Å². The first kappa shape index (κ1) is 21.6. The van der Waals surface area contributed by atoms with Crippen molar-refractivity contribution in [3.05, 3.63) is 0 Å². The first-order valence-electron chi connectivity index (χ1n) is 7.09. The highest BCUT2D eigenvalue weighted by atomic mass is 16.7. The number of ether oxygens (including phenoxy) is 2. The average Bonchev–Trinajstić information content (AvgIpc) is 2.81. The van der Waals surface area contributed by atoms with Crippen LogP contribution in [0.2, 0.25) is 0 Å². The molecule has 2 aliphatic rings. The SMILES string of the molecule is OC[C@H]1O[C@@](O)(CO)[C@H](O)[C@H]1O.OC[C@H]1O[C@H](O)[C@H](O)[C@@H](O)[C@@H]1O. The molecule has 0 aromatic heterocycles. The summed E-state index contributed by atoms with van der Waals surface area (Å²) in [5.41, 5.74) is 0. The van der Waals surface area contributed by atoms with Gasteiger partial charge < -0.3 is 60.5 Å². The smallest absolute Gasteiger partial charge is 0.219 e. The number of rotatable bonds is 3. The summed E-state index contributed by atoms with van der Waals surface area (Å²) >= 11 is 0. The van der Waals surface area contributed by atoms with Crippen molar-refractivity contribution < 1.29 is 60.5 Å². The molecule has 2 heterocycles. The van der Waals surface area contributed by atoms with E-state index in [1.807, 2.05) is 0 Å². The monoisotopic (exact) mass is 360 g/mol. The van der Waals surface area contributed by atoms with E-state index in [0.29, 0.717) is 0 Å². The van der Waals surface area contributed by atoms with Crippen LogP contribution in [0.5, 0.6) is 0 Å². The predicted octanol–water partition coefficient (Wildman–Crippen LogP) is -6.44. The van der Waals surface area contributed by atoms with Gasteiger partial charge in [-0.15, -0.1) is 0 Å². The fourth-order valence-electron chi connectivity index (χ4n) is 2.23. The molecule has 2 rings (SSSR count). The minimum atomic E-state index is -2.16. The van der Waals surface area contributed by atoms with Crippen molar-refractivity contribution in [1.82, 2.24) is 0 Å². The third-order valence-electron chi connectivity index (χ3n) is 3.80. The maximum absolute atomic E-state index is 9.25. The molecule has 0 radical (unpaired) electrons. The summed E-state index contributed by atoms with van der Waals surface area (Å²) in [7, 11) is 0. The van der Waals surface area contributed by atoms with Gasteiger partial charge in [0.1, 0.15) is 42.7 Å². The molecular weight excluding hydrogens is 336 g/mol. The quantitative estimate of drug-likeness (QED) is 0.227. The van der Waals surface area contributed by atoms with Crippen molar-refractivity contribution in [2.45, 2.75) is 54.8 Å². The summed E-state index contributed by atoms with van der Waals surface area (Å²) < 4.78 is 9.20. The Labute approximate surface area is 136 Å². The molecule has 0 saturated carbocycles. The van der Waals surface area contributed by atoms with E-state index in [9.17, 15) is 5.11 Å². The van der Waals surface area contributed by atoms with Gasteiger partial charge in [-0.25, -0.2) is 0 Å². The summed E-state index contributed by atoms with van der Waals surface area (Å²) in [6, 6.07) is 0. The van der Waals surface area contributed by atoms with Crippen LogP contribution in [0.1, 0.15) is 0 Å². The van der Waals surface area contributed by atoms with Crippen LogP contribution >= 0.6 is 0 Å². The summed E-state index contributed by atoms with van der Waals surface area (Å²) in [6.07, 6.45) is -11.1. The highest BCUT2D eigenvalue weighted by molar-refractivity contribution is 4.94. The largest absolute Gasteiger partial charge is 0.394 e. The number of aliphatic hydroxyl groups excluding tert-OH is 9. The van der Waals surface area contributed by atoms with Crippen molar-refractivity contribution in [3.63, 3.8) is 0 Å². The summed E-state index contributed by atoms with van der Waals surface area (Å²) in [4.78, 5) is 0. The minimum Gasteiger partial charge on any atom is -0.394 e. The molecule has 2 aliphatic heterocycles. The topological polar surface area (TPSA) is 221 Å². The molecule has 0 amide bonds. The zero-order valence-electron chi connectivity index (χ0n) is 12.5. The van der Waals surface area contributed by atoms with Crippen LogP contribution in [-0.4, -0.2) is 126 Å². The Hall–Kier alpha value is -0.480. The zero-order chi connectivity index (χ0) is 18.7. The summed E-state index contributed by atoms with van der Waals surface area (Å²) in [5.74, 6) is -2.16. The van der Waals surface area contributed by atoms with E-state index in [-0.39, 0.29) is 0 Å². The molecule has 12 nitrogen and oxygen atoms in total. The van der Waals surface area contributed by atoms with Crippen LogP contribution in [-0.2, 0) is 9.47 Å². The van der Waals surface area contributed by atoms with E-state index >= 15 is 0 Å². The lowest BCUT2D eigenvalue weighted by molar-refractivity contribution is -0.286. The lowest BCUT2D eigenvalue weighted by Crippen LogP contribution is -2.58. The van der Waals surface area contributed by atoms with E-state index in [1.54, 1.807) is 0 Å². The molecule has 0 aromatic carbocycles. The molecular formula is C12H24O12. The molecule has 0 spiro atoms. The Morgan fingerprint density at radius 3 is 1.62 bits per heavy atom. The normalized spacial score (nSPS) is 48.8. The molecule has 2 saturated heterocycles. The lowest BCUT2D eigenvalue weighted by Gasteiger charge is -2.37. The van der Waals surface area contributed by atoms with Gasteiger partial charge in [0, 0.05) is 0 Å². The predicted molar refractivity (Wildman–Crippen MR) is 72.0 cm³/mol. The molecule has 12 heteroatoms. The second-order valence-electron chi connectivity index (χ2n) is 5.50. The maximum atomic E-state index is 9.25. The molecule has 9 atom stereocenters. The molecule has 24 heavy (non-hydrogen) atoms. The molecule has 10 N–H and O–H groups in total. The van der Waals surface area contributed by atoms with Crippen LogP contribution in [0.4, 0.5) is 0 Å². The average molecular weight is 360 g/mol. The van der Waals surface area contributed by atoms with Gasteiger partial charge in [0.05, 0.1) is 19.8 Å². The Morgan fingerprint density at radius 1 is 0.708 bits per heavy atom. The van der Waals surface area contributed by atoms with Crippen LogP contribution in [0.3, 0.4) is 0 Å². The molecule has 0 aliphatic carbocycles. The molecule has 144 valence electrons. The zero-order valence-corrected chi connectivity index (χ0v) is 12.5. The van der Waals surface area contributed by atoms with Gasteiger partial charge in [-0.05, 0) is 0 Å². The third kappa shape index (κ3) is 4.37. The van der Waals surface area contributed by atoms with E-state index < -0.39 is 74.6 Å². The molecule has 0 unspecified atom stereocenters. The van der Waals surface area contributed by atoms with Gasteiger partial charge in [-0.3, -0.25) is 0 Å². The lowest BCUT2D eigenvalue weighted by atomic mass is 10.00. The number of hydrogen-bond donors (Lipinski definition) is 10. The Balaban J connectivity index is 0.000000240. The van der Waals surface area contributed by atoms with Crippen molar-refractivity contribution in [3.8, 4) is 0 Å². The molecule has 0 aromatic rings. The fourth-order valence-corrected chi connectivity index (χ4v) is 2.23. The van der Waals surface area contributed by atoms with Gasteiger partial charge >= 0.3 is 0 Å². The Bertz CT molecular complexity index is 371. The Kier molecular flexibility index (Phi) is 7.86. The highest BCUT2D eigenvalue weighted by Crippen LogP contribution is 2.28. The fraction of sp³-hybridized carbons (Fsp3) is 1.00. The van der Waals surface area contributed by atoms with Crippen LogP contribution in [0, 0.1) is 0 Å². The number of hydrogen-bond acceptors (Lipinski definition) is 12. The van der Waals surface area contributed by atoms with E-state index in [0.717, 1.165) is 0 Å². The third-order valence-corrected chi connectivity index (χ3v) is 3.80. The maximum Gasteiger partial charge on any atom is 0.219 e. The van der Waals surface area contributed by atoms with E-state index in [1.165, 1.54) is 0 Å². The van der Waals surface area contributed by atoms with Gasteiger partial charge in [-0.2, -0.15) is 0 Å². The summed E-state index contributed by atoms with van der Waals surface area (Å²) in [6.45, 7) is -1.88. The molecule has 0 bridgehead atoms.